The third-order valence-electron chi connectivity index (χ3n) is 5.58. The van der Waals surface area contributed by atoms with E-state index in [0.29, 0.717) is 29.8 Å². The van der Waals surface area contributed by atoms with Crippen LogP contribution >= 0.6 is 0 Å². The highest BCUT2D eigenvalue weighted by atomic mass is 16.5. The van der Waals surface area contributed by atoms with Crippen molar-refractivity contribution in [1.29, 1.82) is 0 Å². The van der Waals surface area contributed by atoms with Gasteiger partial charge in [0.15, 0.2) is 5.82 Å². The molecule has 0 spiro atoms. The molecule has 8 nitrogen and oxygen atoms in total. The van der Waals surface area contributed by atoms with E-state index in [1.807, 2.05) is 0 Å². The minimum Gasteiger partial charge on any atom is -0.497 e. The Hall–Kier alpha value is -2.48. The Morgan fingerprint density at radius 3 is 2.79 bits per heavy atom. The van der Waals surface area contributed by atoms with Crippen molar-refractivity contribution in [3.8, 4) is 5.75 Å². The van der Waals surface area contributed by atoms with Gasteiger partial charge in [0.05, 0.1) is 7.11 Å². The van der Waals surface area contributed by atoms with Gasteiger partial charge in [-0.05, 0) is 31.7 Å². The maximum atomic E-state index is 13.0. The zero-order chi connectivity index (χ0) is 19.4. The summed E-state index contributed by atoms with van der Waals surface area (Å²) in [5.74, 6) is 1.38. The van der Waals surface area contributed by atoms with Crippen molar-refractivity contribution in [2.45, 2.75) is 63.0 Å². The summed E-state index contributed by atoms with van der Waals surface area (Å²) < 4.78 is 16.4. The molecule has 2 aromatic rings. The van der Waals surface area contributed by atoms with E-state index in [0.717, 1.165) is 51.4 Å². The van der Waals surface area contributed by atoms with Gasteiger partial charge in [0.1, 0.15) is 23.1 Å². The number of hydrogen-bond acceptors (Lipinski definition) is 7. The number of rotatable bonds is 5. The molecular weight excluding hydrogens is 360 g/mol. The quantitative estimate of drug-likeness (QED) is 0.787. The molecule has 2 aromatic heterocycles. The molecule has 8 heteroatoms. The fourth-order valence-electron chi connectivity index (χ4n) is 4.01. The van der Waals surface area contributed by atoms with E-state index in [1.165, 1.54) is 0 Å². The normalized spacial score (nSPS) is 21.8. The molecule has 2 aliphatic rings. The van der Waals surface area contributed by atoms with Gasteiger partial charge in [-0.2, -0.15) is 4.98 Å². The molecule has 0 aromatic carbocycles. The van der Waals surface area contributed by atoms with Gasteiger partial charge in [-0.1, -0.05) is 30.8 Å². The minimum atomic E-state index is -0.654. The summed E-state index contributed by atoms with van der Waals surface area (Å²) in [7, 11) is 1.57. The van der Waals surface area contributed by atoms with Crippen molar-refractivity contribution in [1.82, 2.24) is 20.4 Å². The summed E-state index contributed by atoms with van der Waals surface area (Å²) in [5, 5.41) is 7.43. The van der Waals surface area contributed by atoms with Crippen molar-refractivity contribution in [3.05, 3.63) is 35.7 Å². The maximum Gasteiger partial charge on any atom is 0.270 e. The first kappa shape index (κ1) is 18.9. The predicted molar refractivity (Wildman–Crippen MR) is 99.9 cm³/mol. The molecule has 3 heterocycles. The number of hydrogen-bond donors (Lipinski definition) is 1. The summed E-state index contributed by atoms with van der Waals surface area (Å²) in [6.07, 6.45) is 9.10. The maximum absolute atomic E-state index is 13.0. The van der Waals surface area contributed by atoms with Gasteiger partial charge in [-0.25, -0.2) is 0 Å². The van der Waals surface area contributed by atoms with E-state index in [2.05, 4.69) is 20.4 Å². The molecule has 1 N–H and O–H groups in total. The predicted octanol–water partition coefficient (Wildman–Crippen LogP) is 3.30. The smallest absolute Gasteiger partial charge is 0.270 e. The SMILES string of the molecule is COc1ccnc(C(=O)NC2(c3noc(C4CCCO4)n3)CCCCCC2)c1. The second-order valence-electron chi connectivity index (χ2n) is 7.49. The molecule has 1 atom stereocenters. The van der Waals surface area contributed by atoms with Crippen molar-refractivity contribution in [2.75, 3.05) is 13.7 Å². The summed E-state index contributed by atoms with van der Waals surface area (Å²) in [5.41, 5.74) is -0.343. The number of methoxy groups -OCH3 is 1. The lowest BCUT2D eigenvalue weighted by Crippen LogP contribution is -2.46. The first-order valence-electron chi connectivity index (χ1n) is 9.98. The van der Waals surface area contributed by atoms with Crippen molar-refractivity contribution in [2.24, 2.45) is 0 Å². The molecule has 150 valence electrons. The third kappa shape index (κ3) is 3.87. The summed E-state index contributed by atoms with van der Waals surface area (Å²) in [6, 6.07) is 3.35. The molecule has 0 bridgehead atoms. The first-order valence-corrected chi connectivity index (χ1v) is 9.98. The van der Waals surface area contributed by atoms with E-state index in [4.69, 9.17) is 14.0 Å². The van der Waals surface area contributed by atoms with Gasteiger partial charge in [0.25, 0.3) is 11.8 Å². The average Bonchev–Trinajstić information content (AvgIpc) is 3.38. The second kappa shape index (κ2) is 8.26. The van der Waals surface area contributed by atoms with Crippen LogP contribution in [0.2, 0.25) is 0 Å². The zero-order valence-corrected chi connectivity index (χ0v) is 16.1. The fourth-order valence-corrected chi connectivity index (χ4v) is 4.01. The number of nitrogens with one attached hydrogen (secondary N) is 1. The van der Waals surface area contributed by atoms with Crippen molar-refractivity contribution < 1.29 is 18.8 Å². The Morgan fingerprint density at radius 1 is 1.25 bits per heavy atom. The Morgan fingerprint density at radius 2 is 2.07 bits per heavy atom. The highest BCUT2D eigenvalue weighted by Crippen LogP contribution is 2.36. The number of amides is 1. The molecule has 1 saturated heterocycles. The molecule has 2 fully saturated rings. The van der Waals surface area contributed by atoms with E-state index in [1.54, 1.807) is 25.4 Å². The van der Waals surface area contributed by atoms with Gasteiger partial charge in [-0.15, -0.1) is 0 Å². The molecule has 1 aliphatic heterocycles. The van der Waals surface area contributed by atoms with Crippen LogP contribution in [0.25, 0.3) is 0 Å². The Labute approximate surface area is 164 Å². The van der Waals surface area contributed by atoms with Crippen LogP contribution in [0.1, 0.15) is 79.7 Å². The average molecular weight is 386 g/mol. The van der Waals surface area contributed by atoms with Crippen LogP contribution in [-0.4, -0.2) is 34.7 Å². The van der Waals surface area contributed by atoms with Gasteiger partial charge in [0, 0.05) is 18.9 Å². The monoisotopic (exact) mass is 386 g/mol. The molecular formula is C20H26N4O4. The zero-order valence-electron chi connectivity index (χ0n) is 16.1. The first-order chi connectivity index (χ1) is 13.7. The van der Waals surface area contributed by atoms with Crippen LogP contribution in [-0.2, 0) is 10.3 Å². The molecule has 4 rings (SSSR count). The Balaban J connectivity index is 1.61. The number of carbonyl (C=O) groups excluding carboxylic acids is 1. The van der Waals surface area contributed by atoms with Gasteiger partial charge in [-0.3, -0.25) is 9.78 Å². The topological polar surface area (TPSA) is 99.4 Å². The van der Waals surface area contributed by atoms with Crippen LogP contribution < -0.4 is 10.1 Å². The van der Waals surface area contributed by atoms with Crippen LogP contribution in [0.5, 0.6) is 5.75 Å². The third-order valence-corrected chi connectivity index (χ3v) is 5.58. The van der Waals surface area contributed by atoms with Crippen LogP contribution in [0.4, 0.5) is 0 Å². The molecule has 28 heavy (non-hydrogen) atoms. The van der Waals surface area contributed by atoms with Crippen molar-refractivity contribution >= 4 is 5.91 Å². The van der Waals surface area contributed by atoms with E-state index in [9.17, 15) is 4.79 Å². The molecule has 1 amide bonds. The number of aromatic nitrogens is 3. The highest BCUT2D eigenvalue weighted by Gasteiger charge is 2.40. The Kier molecular flexibility index (Phi) is 5.57. The Bertz CT molecular complexity index is 808. The standard InChI is InChI=1S/C20H26N4O4/c1-26-14-8-11-21-15(13-14)17(25)23-20(9-4-2-3-5-10-20)19-22-18(28-24-19)16-7-6-12-27-16/h8,11,13,16H,2-7,9-10,12H2,1H3,(H,23,25). The number of ether oxygens (including phenoxy) is 2. The van der Waals surface area contributed by atoms with E-state index < -0.39 is 5.54 Å². The highest BCUT2D eigenvalue weighted by molar-refractivity contribution is 5.93. The lowest BCUT2D eigenvalue weighted by molar-refractivity contribution is 0.0833. The number of pyridine rings is 1. The molecule has 1 aliphatic carbocycles. The second-order valence-corrected chi connectivity index (χ2v) is 7.49. The van der Waals surface area contributed by atoms with Crippen molar-refractivity contribution in [3.63, 3.8) is 0 Å². The largest absolute Gasteiger partial charge is 0.497 e. The van der Waals surface area contributed by atoms with Gasteiger partial charge < -0.3 is 19.3 Å². The summed E-state index contributed by atoms with van der Waals surface area (Å²) >= 11 is 0. The lowest BCUT2D eigenvalue weighted by atomic mass is 9.89. The molecule has 0 radical (unpaired) electrons. The molecule has 1 saturated carbocycles. The number of carbonyl (C=O) groups is 1. The summed E-state index contributed by atoms with van der Waals surface area (Å²) in [4.78, 5) is 21.8. The fraction of sp³-hybridized carbons (Fsp3) is 0.600. The lowest BCUT2D eigenvalue weighted by Gasteiger charge is -2.30. The van der Waals surface area contributed by atoms with Gasteiger partial charge >= 0.3 is 0 Å². The number of nitrogens with zero attached hydrogens (tertiary/aromatic N) is 3. The van der Waals surface area contributed by atoms with Crippen LogP contribution in [0.15, 0.2) is 22.9 Å². The minimum absolute atomic E-state index is 0.139. The van der Waals surface area contributed by atoms with Crippen LogP contribution in [0, 0.1) is 0 Å². The van der Waals surface area contributed by atoms with E-state index >= 15 is 0 Å². The van der Waals surface area contributed by atoms with Crippen LogP contribution in [0.3, 0.4) is 0 Å². The van der Waals surface area contributed by atoms with Gasteiger partial charge in [0.2, 0.25) is 0 Å². The van der Waals surface area contributed by atoms with E-state index in [-0.39, 0.29) is 12.0 Å². The molecule has 1 unspecified atom stereocenters. The summed E-state index contributed by atoms with van der Waals surface area (Å²) in [6.45, 7) is 0.714.